The third kappa shape index (κ3) is 6.19. The van der Waals surface area contributed by atoms with Crippen LogP contribution in [0.25, 0.3) is 0 Å². The maximum absolute atomic E-state index is 5.98. The molecule has 3 heterocycles. The Morgan fingerprint density at radius 2 is 1.68 bits per heavy atom. The number of morpholine rings is 1. The van der Waals surface area contributed by atoms with Crippen molar-refractivity contribution in [2.75, 3.05) is 66.1 Å². The molecule has 0 spiro atoms. The van der Waals surface area contributed by atoms with Crippen LogP contribution >= 0.6 is 0 Å². The van der Waals surface area contributed by atoms with Crippen LogP contribution in [-0.4, -0.2) is 98.9 Å². The third-order valence-electron chi connectivity index (χ3n) is 6.78. The summed E-state index contributed by atoms with van der Waals surface area (Å²) in [4.78, 5) is 11.9. The molecule has 0 aromatic heterocycles. The number of likely N-dealkylation sites (N-methyl/N-ethyl adjacent to an activating group) is 1. The fourth-order valence-electron chi connectivity index (χ4n) is 4.79. The number of aliphatic imine (C=N–C) groups is 1. The number of guanidine groups is 1. The lowest BCUT2D eigenvalue weighted by Gasteiger charge is -2.37. The molecular formula is C24H39N5O2. The Labute approximate surface area is 187 Å². The minimum atomic E-state index is 0.147. The first-order valence-corrected chi connectivity index (χ1v) is 12.0. The summed E-state index contributed by atoms with van der Waals surface area (Å²) in [6, 6.07) is 9.03. The van der Waals surface area contributed by atoms with Crippen molar-refractivity contribution >= 4 is 5.96 Å². The zero-order valence-electron chi connectivity index (χ0n) is 19.3. The van der Waals surface area contributed by atoms with Crippen molar-refractivity contribution < 1.29 is 9.47 Å². The van der Waals surface area contributed by atoms with Crippen LogP contribution in [-0.2, 0) is 22.6 Å². The highest BCUT2D eigenvalue weighted by molar-refractivity contribution is 5.80. The minimum Gasteiger partial charge on any atom is -0.375 e. The van der Waals surface area contributed by atoms with E-state index >= 15 is 0 Å². The van der Waals surface area contributed by atoms with Crippen LogP contribution in [0, 0.1) is 0 Å². The highest BCUT2D eigenvalue weighted by Gasteiger charge is 2.32. The Morgan fingerprint density at radius 1 is 0.968 bits per heavy atom. The Hall–Kier alpha value is -1.67. The van der Waals surface area contributed by atoms with Crippen LogP contribution < -0.4 is 5.32 Å². The number of hydrogen-bond donors (Lipinski definition) is 1. The second kappa shape index (κ2) is 11.3. The molecule has 0 aliphatic carbocycles. The van der Waals surface area contributed by atoms with Gasteiger partial charge in [-0.2, -0.15) is 0 Å². The molecule has 7 nitrogen and oxygen atoms in total. The Morgan fingerprint density at radius 3 is 2.35 bits per heavy atom. The van der Waals surface area contributed by atoms with Gasteiger partial charge >= 0.3 is 0 Å². The monoisotopic (exact) mass is 429 g/mol. The molecule has 2 atom stereocenters. The van der Waals surface area contributed by atoms with E-state index in [1.54, 1.807) is 0 Å². The molecule has 0 amide bonds. The van der Waals surface area contributed by atoms with Gasteiger partial charge in [0.25, 0.3) is 0 Å². The number of ether oxygens (including phenoxy) is 2. The summed E-state index contributed by atoms with van der Waals surface area (Å²) in [6.07, 6.45) is 2.62. The fraction of sp³-hybridized carbons (Fsp3) is 0.708. The van der Waals surface area contributed by atoms with Gasteiger partial charge in [-0.25, -0.2) is 0 Å². The molecule has 0 saturated carbocycles. The van der Waals surface area contributed by atoms with Crippen molar-refractivity contribution in [3.8, 4) is 0 Å². The first-order chi connectivity index (χ1) is 15.2. The standard InChI is InChI=1S/C24H39N5O2/c1-3-27-10-12-28(13-11-27)18-21-8-6-20(7-9-21)17-26-24(25-2)29-14-16-31-23(19-29)22-5-4-15-30-22/h6-9,22-23H,3-5,10-19H2,1-2H3,(H,25,26). The molecule has 1 aromatic carbocycles. The SMILES string of the molecule is CCN1CCN(Cc2ccc(CNC(=NC)N3CCOC(C4CCCO4)C3)cc2)CC1. The first-order valence-electron chi connectivity index (χ1n) is 12.0. The predicted molar refractivity (Wildman–Crippen MR) is 124 cm³/mol. The summed E-state index contributed by atoms with van der Waals surface area (Å²) in [6.45, 7) is 13.3. The maximum atomic E-state index is 5.98. The molecule has 3 fully saturated rings. The zero-order chi connectivity index (χ0) is 21.5. The van der Waals surface area contributed by atoms with Gasteiger partial charge in [0.05, 0.1) is 12.7 Å². The lowest BCUT2D eigenvalue weighted by atomic mass is 10.1. The van der Waals surface area contributed by atoms with Crippen molar-refractivity contribution in [2.45, 2.75) is 45.1 Å². The van der Waals surface area contributed by atoms with Gasteiger partial charge < -0.3 is 24.6 Å². The average molecular weight is 430 g/mol. The Balaban J connectivity index is 1.24. The summed E-state index contributed by atoms with van der Waals surface area (Å²) >= 11 is 0. The highest BCUT2D eigenvalue weighted by Crippen LogP contribution is 2.21. The smallest absolute Gasteiger partial charge is 0.194 e. The van der Waals surface area contributed by atoms with Crippen molar-refractivity contribution in [2.24, 2.45) is 4.99 Å². The van der Waals surface area contributed by atoms with E-state index in [4.69, 9.17) is 9.47 Å². The van der Waals surface area contributed by atoms with Gasteiger partial charge in [0.2, 0.25) is 0 Å². The van der Waals surface area contributed by atoms with Crippen LogP contribution in [0.1, 0.15) is 30.9 Å². The highest BCUT2D eigenvalue weighted by atomic mass is 16.5. The molecule has 172 valence electrons. The van der Waals surface area contributed by atoms with Gasteiger partial charge in [0.15, 0.2) is 5.96 Å². The number of nitrogens with zero attached hydrogens (tertiary/aromatic N) is 4. The van der Waals surface area contributed by atoms with Gasteiger partial charge in [-0.05, 0) is 30.5 Å². The molecule has 3 saturated heterocycles. The molecule has 0 radical (unpaired) electrons. The van der Waals surface area contributed by atoms with Gasteiger partial charge in [0.1, 0.15) is 6.10 Å². The number of rotatable bonds is 6. The normalized spacial score (nSPS) is 26.4. The molecule has 0 bridgehead atoms. The van der Waals surface area contributed by atoms with Crippen LogP contribution in [0.2, 0.25) is 0 Å². The van der Waals surface area contributed by atoms with Crippen molar-refractivity contribution in [3.63, 3.8) is 0 Å². The van der Waals surface area contributed by atoms with Crippen molar-refractivity contribution in [1.29, 1.82) is 0 Å². The molecule has 2 unspecified atom stereocenters. The summed E-state index contributed by atoms with van der Waals surface area (Å²) in [7, 11) is 1.86. The predicted octanol–water partition coefficient (Wildman–Crippen LogP) is 1.78. The minimum absolute atomic E-state index is 0.147. The third-order valence-corrected chi connectivity index (χ3v) is 6.78. The lowest BCUT2D eigenvalue weighted by molar-refractivity contribution is -0.0817. The van der Waals surface area contributed by atoms with E-state index in [9.17, 15) is 0 Å². The summed E-state index contributed by atoms with van der Waals surface area (Å²) in [5.41, 5.74) is 2.68. The van der Waals surface area contributed by atoms with Crippen LogP contribution in [0.15, 0.2) is 29.3 Å². The summed E-state index contributed by atoms with van der Waals surface area (Å²) in [5.74, 6) is 0.948. The topological polar surface area (TPSA) is 52.6 Å². The van der Waals surface area contributed by atoms with E-state index < -0.39 is 0 Å². The van der Waals surface area contributed by atoms with Gasteiger partial charge in [-0.15, -0.1) is 0 Å². The molecule has 3 aliphatic heterocycles. The fourth-order valence-corrected chi connectivity index (χ4v) is 4.79. The molecule has 3 aliphatic rings. The number of nitrogens with one attached hydrogen (secondary N) is 1. The molecule has 31 heavy (non-hydrogen) atoms. The summed E-state index contributed by atoms with van der Waals surface area (Å²) in [5, 5.41) is 3.54. The van der Waals surface area contributed by atoms with E-state index in [-0.39, 0.29) is 12.2 Å². The first kappa shape index (κ1) is 22.5. The van der Waals surface area contributed by atoms with E-state index in [1.807, 2.05) is 7.05 Å². The molecular weight excluding hydrogens is 390 g/mol. The average Bonchev–Trinajstić information content (AvgIpc) is 3.36. The van der Waals surface area contributed by atoms with E-state index in [0.717, 1.165) is 64.7 Å². The number of benzene rings is 1. The van der Waals surface area contributed by atoms with Crippen LogP contribution in [0.5, 0.6) is 0 Å². The Bertz CT molecular complexity index is 696. The second-order valence-corrected chi connectivity index (χ2v) is 8.83. The number of piperazine rings is 1. The van der Waals surface area contributed by atoms with Crippen molar-refractivity contribution in [3.05, 3.63) is 35.4 Å². The number of hydrogen-bond acceptors (Lipinski definition) is 5. The molecule has 4 rings (SSSR count). The molecule has 1 N–H and O–H groups in total. The molecule has 1 aromatic rings. The van der Waals surface area contributed by atoms with Crippen molar-refractivity contribution in [1.82, 2.24) is 20.0 Å². The van der Waals surface area contributed by atoms with Crippen LogP contribution in [0.3, 0.4) is 0 Å². The van der Waals surface area contributed by atoms with E-state index in [0.29, 0.717) is 0 Å². The van der Waals surface area contributed by atoms with E-state index in [1.165, 1.54) is 37.3 Å². The van der Waals surface area contributed by atoms with Gasteiger partial charge in [-0.3, -0.25) is 9.89 Å². The maximum Gasteiger partial charge on any atom is 0.194 e. The second-order valence-electron chi connectivity index (χ2n) is 8.83. The van der Waals surface area contributed by atoms with Gasteiger partial charge in [-0.1, -0.05) is 31.2 Å². The largest absolute Gasteiger partial charge is 0.375 e. The lowest BCUT2D eigenvalue weighted by Crippen LogP contribution is -2.53. The van der Waals surface area contributed by atoms with E-state index in [2.05, 4.69) is 56.2 Å². The summed E-state index contributed by atoms with van der Waals surface area (Å²) < 4.78 is 11.8. The quantitative estimate of drug-likeness (QED) is 0.550. The molecule has 7 heteroatoms. The zero-order valence-corrected chi connectivity index (χ0v) is 19.3. The Kier molecular flexibility index (Phi) is 8.19. The van der Waals surface area contributed by atoms with Crippen LogP contribution in [0.4, 0.5) is 0 Å². The van der Waals surface area contributed by atoms with Gasteiger partial charge in [0, 0.05) is 66.0 Å².